The van der Waals surface area contributed by atoms with E-state index in [2.05, 4.69) is 41.0 Å². The minimum Gasteiger partial charge on any atom is -0.486 e. The molecule has 0 saturated carbocycles. The standard InChI is InChI=1S/C46H53N5O7/c1-44(2,3)57-42(52)48-26-24-35(30-48)31-49(43(53)58-45(4,5)6)29-34-22-23-40(51(54)55)41(28-34)56-27-25-39-32-50(33-47-39)46(36-16-10-7-11-17-36,37-18-12-8-13-19-37)38-20-14-9-15-21-38/h7-23,28,32-33,35H,24-27,29-31H2,1-6H3. The van der Waals surface area contributed by atoms with Crippen LogP contribution in [-0.2, 0) is 28.0 Å². The Balaban J connectivity index is 1.21. The Morgan fingerprint density at radius 1 is 0.828 bits per heavy atom. The Kier molecular flexibility index (Phi) is 12.5. The molecule has 5 aromatic rings. The number of nitro groups is 1. The lowest BCUT2D eigenvalue weighted by atomic mass is 9.77. The summed E-state index contributed by atoms with van der Waals surface area (Å²) in [7, 11) is 0. The highest BCUT2D eigenvalue weighted by molar-refractivity contribution is 5.69. The van der Waals surface area contributed by atoms with Gasteiger partial charge in [-0.2, -0.15) is 0 Å². The van der Waals surface area contributed by atoms with Gasteiger partial charge in [-0.15, -0.1) is 0 Å². The highest BCUT2D eigenvalue weighted by Gasteiger charge is 2.38. The van der Waals surface area contributed by atoms with Crippen LogP contribution in [0.4, 0.5) is 15.3 Å². The van der Waals surface area contributed by atoms with Crippen molar-refractivity contribution in [2.75, 3.05) is 26.2 Å². The molecule has 4 aromatic carbocycles. The maximum Gasteiger partial charge on any atom is 0.410 e. The van der Waals surface area contributed by atoms with Crippen molar-refractivity contribution in [1.29, 1.82) is 0 Å². The number of carbonyl (C=O) groups is 2. The summed E-state index contributed by atoms with van der Waals surface area (Å²) < 4.78 is 19.6. The van der Waals surface area contributed by atoms with Crippen LogP contribution in [0.25, 0.3) is 0 Å². The lowest BCUT2D eigenvalue weighted by molar-refractivity contribution is -0.385. The molecule has 1 aliphatic heterocycles. The average molecular weight is 788 g/mol. The fourth-order valence-corrected chi connectivity index (χ4v) is 7.39. The summed E-state index contributed by atoms with van der Waals surface area (Å²) in [6.07, 6.45) is 4.00. The van der Waals surface area contributed by atoms with Gasteiger partial charge in [0.15, 0.2) is 5.75 Å². The number of ether oxygens (including phenoxy) is 3. The zero-order valence-corrected chi connectivity index (χ0v) is 34.2. The zero-order valence-electron chi connectivity index (χ0n) is 34.2. The van der Waals surface area contributed by atoms with E-state index in [0.717, 1.165) is 22.4 Å². The monoisotopic (exact) mass is 787 g/mol. The van der Waals surface area contributed by atoms with Gasteiger partial charge in [0.05, 0.1) is 23.6 Å². The van der Waals surface area contributed by atoms with Gasteiger partial charge < -0.3 is 28.6 Å². The number of hydrogen-bond donors (Lipinski definition) is 0. The smallest absolute Gasteiger partial charge is 0.410 e. The van der Waals surface area contributed by atoms with E-state index in [1.165, 1.54) is 6.07 Å². The number of aromatic nitrogens is 2. The first-order chi connectivity index (χ1) is 27.6. The number of likely N-dealkylation sites (tertiary alicyclic amines) is 1. The molecular weight excluding hydrogens is 735 g/mol. The average Bonchev–Trinajstić information content (AvgIpc) is 3.86. The van der Waals surface area contributed by atoms with Crippen LogP contribution >= 0.6 is 0 Å². The van der Waals surface area contributed by atoms with Gasteiger partial charge in [-0.25, -0.2) is 14.6 Å². The number of benzene rings is 4. The summed E-state index contributed by atoms with van der Waals surface area (Å²) in [5, 5.41) is 12.2. The molecule has 0 bridgehead atoms. The van der Waals surface area contributed by atoms with Gasteiger partial charge >= 0.3 is 17.9 Å². The molecule has 0 spiro atoms. The van der Waals surface area contributed by atoms with E-state index in [9.17, 15) is 19.7 Å². The fraction of sp³-hybridized carbons (Fsp3) is 0.370. The SMILES string of the molecule is CC(C)(C)OC(=O)N1CCC(CN(Cc2ccc([N+](=O)[O-])c(OCCc3cn(C(c4ccccc4)(c4ccccc4)c4ccccc4)cn3)c2)C(=O)OC(C)(C)C)C1. The Morgan fingerprint density at radius 2 is 1.40 bits per heavy atom. The second-order valence-electron chi connectivity index (χ2n) is 16.7. The van der Waals surface area contributed by atoms with Crippen molar-refractivity contribution >= 4 is 17.9 Å². The Hall–Kier alpha value is -6.17. The minimum atomic E-state index is -0.743. The summed E-state index contributed by atoms with van der Waals surface area (Å²) in [6, 6.07) is 35.5. The van der Waals surface area contributed by atoms with Crippen LogP contribution in [0.15, 0.2) is 122 Å². The molecule has 12 heteroatoms. The molecule has 1 fully saturated rings. The fourth-order valence-electron chi connectivity index (χ4n) is 7.39. The van der Waals surface area contributed by atoms with Gasteiger partial charge in [0.2, 0.25) is 0 Å². The van der Waals surface area contributed by atoms with Crippen LogP contribution in [0.5, 0.6) is 5.75 Å². The van der Waals surface area contributed by atoms with Crippen molar-refractivity contribution in [3.63, 3.8) is 0 Å². The lowest BCUT2D eigenvalue weighted by Crippen LogP contribution is -2.40. The van der Waals surface area contributed by atoms with Crippen LogP contribution in [-0.4, -0.2) is 73.9 Å². The molecule has 304 valence electrons. The molecule has 12 nitrogen and oxygen atoms in total. The van der Waals surface area contributed by atoms with Crippen LogP contribution in [0.3, 0.4) is 0 Å². The van der Waals surface area contributed by atoms with E-state index < -0.39 is 27.8 Å². The first kappa shape index (κ1) is 41.5. The highest BCUT2D eigenvalue weighted by Crippen LogP contribution is 2.41. The zero-order chi connectivity index (χ0) is 41.5. The van der Waals surface area contributed by atoms with Gasteiger partial charge in [-0.3, -0.25) is 10.1 Å². The number of hydrogen-bond acceptors (Lipinski definition) is 8. The molecule has 2 heterocycles. The predicted molar refractivity (Wildman–Crippen MR) is 222 cm³/mol. The summed E-state index contributed by atoms with van der Waals surface area (Å²) in [6.45, 7) is 12.4. The second-order valence-corrected chi connectivity index (χ2v) is 16.7. The molecule has 0 N–H and O–H groups in total. The van der Waals surface area contributed by atoms with E-state index in [1.807, 2.05) is 87.9 Å². The Morgan fingerprint density at radius 3 is 1.93 bits per heavy atom. The second kappa shape index (κ2) is 17.5. The van der Waals surface area contributed by atoms with Crippen molar-refractivity contribution in [1.82, 2.24) is 19.4 Å². The molecule has 0 aliphatic carbocycles. The van der Waals surface area contributed by atoms with Crippen LogP contribution < -0.4 is 4.74 Å². The first-order valence-corrected chi connectivity index (χ1v) is 19.7. The molecule has 6 rings (SSSR count). The summed E-state index contributed by atoms with van der Waals surface area (Å²) in [5.41, 5.74) is 2.31. The van der Waals surface area contributed by atoms with Gasteiger partial charge in [0.1, 0.15) is 16.7 Å². The topological polar surface area (TPSA) is 129 Å². The summed E-state index contributed by atoms with van der Waals surface area (Å²) in [5.74, 6) is 0.0771. The number of imidazole rings is 1. The third-order valence-electron chi connectivity index (χ3n) is 9.88. The van der Waals surface area contributed by atoms with Crippen LogP contribution in [0.2, 0.25) is 0 Å². The molecule has 0 radical (unpaired) electrons. The number of carbonyl (C=O) groups excluding carboxylic acids is 2. The molecular formula is C46H53N5O7. The third kappa shape index (κ3) is 10.0. The van der Waals surface area contributed by atoms with Crippen LogP contribution in [0, 0.1) is 16.0 Å². The van der Waals surface area contributed by atoms with Crippen molar-refractivity contribution in [3.05, 3.63) is 160 Å². The molecule has 1 unspecified atom stereocenters. The van der Waals surface area contributed by atoms with Crippen molar-refractivity contribution in [2.24, 2.45) is 5.92 Å². The molecule has 58 heavy (non-hydrogen) atoms. The minimum absolute atomic E-state index is 0.0157. The lowest BCUT2D eigenvalue weighted by Gasteiger charge is -2.37. The molecule has 1 atom stereocenters. The molecule has 1 aromatic heterocycles. The summed E-state index contributed by atoms with van der Waals surface area (Å²) >= 11 is 0. The largest absolute Gasteiger partial charge is 0.486 e. The molecule has 1 saturated heterocycles. The Labute approximate surface area is 340 Å². The van der Waals surface area contributed by atoms with E-state index in [0.29, 0.717) is 38.0 Å². The molecule has 1 aliphatic rings. The van der Waals surface area contributed by atoms with Gasteiger partial charge in [-0.1, -0.05) is 97.1 Å². The number of rotatable bonds is 13. The first-order valence-electron chi connectivity index (χ1n) is 19.7. The Bertz CT molecular complexity index is 2060. The van der Waals surface area contributed by atoms with Gasteiger partial charge in [-0.05, 0) is 82.2 Å². The predicted octanol–water partition coefficient (Wildman–Crippen LogP) is 9.25. The number of nitrogens with zero attached hydrogens (tertiary/aromatic N) is 5. The van der Waals surface area contributed by atoms with Crippen molar-refractivity contribution < 1.29 is 28.7 Å². The van der Waals surface area contributed by atoms with E-state index >= 15 is 0 Å². The van der Waals surface area contributed by atoms with E-state index in [-0.39, 0.29) is 36.6 Å². The normalized spacial score (nSPS) is 14.5. The maximum atomic E-state index is 13.5. The van der Waals surface area contributed by atoms with Crippen LogP contribution in [0.1, 0.15) is 75.9 Å². The maximum absolute atomic E-state index is 13.5. The van der Waals surface area contributed by atoms with Gasteiger partial charge in [0, 0.05) is 44.9 Å². The van der Waals surface area contributed by atoms with E-state index in [4.69, 9.17) is 19.2 Å². The highest BCUT2D eigenvalue weighted by atomic mass is 16.6. The van der Waals surface area contributed by atoms with Gasteiger partial charge in [0.25, 0.3) is 0 Å². The quantitative estimate of drug-likeness (QED) is 0.0656. The van der Waals surface area contributed by atoms with Crippen molar-refractivity contribution in [3.8, 4) is 5.75 Å². The van der Waals surface area contributed by atoms with Crippen molar-refractivity contribution in [2.45, 2.75) is 77.7 Å². The number of amides is 2. The van der Waals surface area contributed by atoms with E-state index in [1.54, 1.807) is 42.7 Å². The molecule has 2 amide bonds. The third-order valence-corrected chi connectivity index (χ3v) is 9.88. The number of nitro benzene ring substituents is 1. The summed E-state index contributed by atoms with van der Waals surface area (Å²) in [4.78, 5) is 46.0.